The molecule has 0 saturated heterocycles. The van der Waals surface area contributed by atoms with Gasteiger partial charge in [-0.15, -0.1) is 0 Å². The van der Waals surface area contributed by atoms with Crippen molar-refractivity contribution in [2.45, 2.75) is 37.8 Å². The number of hydrogen-bond donors (Lipinski definition) is 3. The number of nitrogens with two attached hydrogens (primary N) is 1. The van der Waals surface area contributed by atoms with Crippen LogP contribution in [0.5, 0.6) is 0 Å². The van der Waals surface area contributed by atoms with Gasteiger partial charge in [-0.05, 0) is 19.3 Å². The number of carboxylic acids is 1. The van der Waals surface area contributed by atoms with E-state index in [1.165, 1.54) is 0 Å². The van der Waals surface area contributed by atoms with Gasteiger partial charge in [0.05, 0.1) is 6.04 Å². The summed E-state index contributed by atoms with van der Waals surface area (Å²) in [7, 11) is 0. The molecule has 0 aromatic heterocycles. The Kier molecular flexibility index (Phi) is 3.79. The molecule has 1 amide bonds. The number of aliphatic carboxylic acids is 1. The number of rotatable bonds is 7. The third kappa shape index (κ3) is 4.07. The van der Waals surface area contributed by atoms with Crippen molar-refractivity contribution in [3.8, 4) is 0 Å². The van der Waals surface area contributed by atoms with Gasteiger partial charge in [0.25, 0.3) is 5.78 Å². The molecule has 0 aromatic rings. The van der Waals surface area contributed by atoms with Crippen LogP contribution in [0.1, 0.15) is 25.7 Å². The molecular formula is C9H14N2O4. The zero-order chi connectivity index (χ0) is 11.4. The van der Waals surface area contributed by atoms with Crippen molar-refractivity contribution in [1.29, 1.82) is 0 Å². The molecule has 4 N–H and O–H groups in total. The monoisotopic (exact) mass is 214 g/mol. The van der Waals surface area contributed by atoms with E-state index in [9.17, 15) is 14.4 Å². The average Bonchev–Trinajstić information content (AvgIpc) is 2.94. The van der Waals surface area contributed by atoms with Gasteiger partial charge in [0.2, 0.25) is 5.91 Å². The minimum atomic E-state index is -1.47. The normalized spacial score (nSPS) is 17.1. The topological polar surface area (TPSA) is 109 Å². The van der Waals surface area contributed by atoms with Crippen LogP contribution in [0.25, 0.3) is 0 Å². The molecule has 0 aromatic carbocycles. The molecule has 0 radical (unpaired) electrons. The first kappa shape index (κ1) is 11.6. The largest absolute Gasteiger partial charge is 0.475 e. The Bertz CT molecular complexity index is 286. The fourth-order valence-electron chi connectivity index (χ4n) is 1.26. The number of carbonyl (C=O) groups excluding carboxylic acids is 2. The third-order valence-corrected chi connectivity index (χ3v) is 2.22. The van der Waals surface area contributed by atoms with Crippen LogP contribution >= 0.6 is 0 Å². The van der Waals surface area contributed by atoms with Crippen LogP contribution in [0.15, 0.2) is 0 Å². The second-order valence-electron chi connectivity index (χ2n) is 3.67. The summed E-state index contributed by atoms with van der Waals surface area (Å²) in [6.45, 7) is 0. The number of Topliss-reactive ketones (excluding diaryl/α,β-unsaturated/α-hetero) is 1. The molecule has 84 valence electrons. The van der Waals surface area contributed by atoms with E-state index in [-0.39, 0.29) is 18.9 Å². The number of hydrogen-bond acceptors (Lipinski definition) is 4. The molecule has 1 fully saturated rings. The second kappa shape index (κ2) is 4.88. The molecule has 1 rings (SSSR count). The van der Waals surface area contributed by atoms with E-state index in [2.05, 4.69) is 5.32 Å². The predicted octanol–water partition coefficient (Wildman–Crippen LogP) is -0.974. The average molecular weight is 214 g/mol. The minimum Gasteiger partial charge on any atom is -0.475 e. The minimum absolute atomic E-state index is 0.0173. The summed E-state index contributed by atoms with van der Waals surface area (Å²) in [5.41, 5.74) is 4.94. The fraction of sp³-hybridized carbons (Fsp3) is 0.667. The van der Waals surface area contributed by atoms with Crippen molar-refractivity contribution in [1.82, 2.24) is 5.32 Å². The Morgan fingerprint density at radius 1 is 1.40 bits per heavy atom. The summed E-state index contributed by atoms with van der Waals surface area (Å²) in [4.78, 5) is 32.2. The lowest BCUT2D eigenvalue weighted by molar-refractivity contribution is -0.150. The maximum absolute atomic E-state index is 11.2. The van der Waals surface area contributed by atoms with E-state index in [1.807, 2.05) is 0 Å². The Morgan fingerprint density at radius 3 is 2.40 bits per heavy atom. The molecule has 1 atom stereocenters. The predicted molar refractivity (Wildman–Crippen MR) is 51.0 cm³/mol. The summed E-state index contributed by atoms with van der Waals surface area (Å²) < 4.78 is 0. The Morgan fingerprint density at radius 2 is 2.00 bits per heavy atom. The quantitative estimate of drug-likeness (QED) is 0.472. The smallest absolute Gasteiger partial charge is 0.373 e. The van der Waals surface area contributed by atoms with Crippen molar-refractivity contribution in [2.75, 3.05) is 0 Å². The van der Waals surface area contributed by atoms with Gasteiger partial charge in [-0.25, -0.2) is 4.79 Å². The molecule has 0 spiro atoms. The van der Waals surface area contributed by atoms with Crippen LogP contribution in [0, 0.1) is 0 Å². The lowest BCUT2D eigenvalue weighted by atomic mass is 10.1. The number of amides is 1. The van der Waals surface area contributed by atoms with Gasteiger partial charge in [0.15, 0.2) is 0 Å². The highest BCUT2D eigenvalue weighted by Crippen LogP contribution is 2.20. The van der Waals surface area contributed by atoms with Gasteiger partial charge in [0.1, 0.15) is 0 Å². The highest BCUT2D eigenvalue weighted by Gasteiger charge is 2.31. The van der Waals surface area contributed by atoms with Crippen LogP contribution in [0.2, 0.25) is 0 Å². The van der Waals surface area contributed by atoms with Gasteiger partial charge >= 0.3 is 5.97 Å². The van der Waals surface area contributed by atoms with E-state index >= 15 is 0 Å². The van der Waals surface area contributed by atoms with Gasteiger partial charge in [0, 0.05) is 12.5 Å². The van der Waals surface area contributed by atoms with Crippen molar-refractivity contribution in [3.63, 3.8) is 0 Å². The molecule has 1 unspecified atom stereocenters. The van der Waals surface area contributed by atoms with Gasteiger partial charge in [-0.3, -0.25) is 9.59 Å². The second-order valence-corrected chi connectivity index (χ2v) is 3.67. The number of nitrogens with one attached hydrogen (secondary N) is 1. The third-order valence-electron chi connectivity index (χ3n) is 2.22. The first-order chi connectivity index (χ1) is 7.00. The summed E-state index contributed by atoms with van der Waals surface area (Å²) in [5.74, 6) is -2.91. The standard InChI is InChI=1S/C9H14N2O4/c10-7(12)4-3-6(8(13)9(14)15)11-5-1-2-5/h5-6,11H,1-4H2,(H2,10,12)(H,14,15). The number of ketones is 1. The molecule has 6 heteroatoms. The number of primary amides is 1. The first-order valence-corrected chi connectivity index (χ1v) is 4.82. The Labute approximate surface area is 86.8 Å². The highest BCUT2D eigenvalue weighted by atomic mass is 16.4. The Hall–Kier alpha value is -1.43. The van der Waals surface area contributed by atoms with E-state index < -0.39 is 23.7 Å². The van der Waals surface area contributed by atoms with Crippen LogP contribution in [-0.2, 0) is 14.4 Å². The molecule has 0 aliphatic heterocycles. The molecule has 15 heavy (non-hydrogen) atoms. The molecule has 0 heterocycles. The number of carboxylic acid groups (broad SMARTS) is 1. The highest BCUT2D eigenvalue weighted by molar-refractivity contribution is 6.34. The van der Waals surface area contributed by atoms with E-state index in [1.54, 1.807) is 0 Å². The molecule has 1 aliphatic rings. The van der Waals surface area contributed by atoms with Crippen molar-refractivity contribution >= 4 is 17.7 Å². The van der Waals surface area contributed by atoms with E-state index in [0.717, 1.165) is 12.8 Å². The fourth-order valence-corrected chi connectivity index (χ4v) is 1.26. The Balaban J connectivity index is 2.46. The van der Waals surface area contributed by atoms with Gasteiger partial charge in [-0.2, -0.15) is 0 Å². The summed E-state index contributed by atoms with van der Waals surface area (Å²) in [6.07, 6.45) is 2.06. The lowest BCUT2D eigenvalue weighted by Crippen LogP contribution is -2.42. The molecule has 6 nitrogen and oxygen atoms in total. The SMILES string of the molecule is NC(=O)CCC(NC1CC1)C(=O)C(=O)O. The maximum atomic E-state index is 11.2. The van der Waals surface area contributed by atoms with Crippen LogP contribution in [0.3, 0.4) is 0 Å². The summed E-state index contributed by atoms with van der Waals surface area (Å²) >= 11 is 0. The zero-order valence-corrected chi connectivity index (χ0v) is 8.23. The van der Waals surface area contributed by atoms with Crippen LogP contribution in [0.4, 0.5) is 0 Å². The molecule has 1 saturated carbocycles. The number of carbonyl (C=O) groups is 3. The first-order valence-electron chi connectivity index (χ1n) is 4.82. The van der Waals surface area contributed by atoms with E-state index in [0.29, 0.717) is 0 Å². The van der Waals surface area contributed by atoms with Crippen LogP contribution < -0.4 is 11.1 Å². The van der Waals surface area contributed by atoms with Crippen molar-refractivity contribution in [2.24, 2.45) is 5.73 Å². The lowest BCUT2D eigenvalue weighted by Gasteiger charge is -2.13. The molecule has 1 aliphatic carbocycles. The maximum Gasteiger partial charge on any atom is 0.373 e. The summed E-state index contributed by atoms with van der Waals surface area (Å²) in [5, 5.41) is 11.4. The van der Waals surface area contributed by atoms with E-state index in [4.69, 9.17) is 10.8 Å². The van der Waals surface area contributed by atoms with Gasteiger partial charge in [-0.1, -0.05) is 0 Å². The van der Waals surface area contributed by atoms with Crippen molar-refractivity contribution < 1.29 is 19.5 Å². The van der Waals surface area contributed by atoms with Crippen LogP contribution in [-0.4, -0.2) is 34.8 Å². The van der Waals surface area contributed by atoms with Crippen molar-refractivity contribution in [3.05, 3.63) is 0 Å². The molecule has 0 bridgehead atoms. The van der Waals surface area contributed by atoms with Gasteiger partial charge < -0.3 is 16.2 Å². The molecular weight excluding hydrogens is 200 g/mol. The summed E-state index contributed by atoms with van der Waals surface area (Å²) in [6, 6.07) is -0.575. The zero-order valence-electron chi connectivity index (χ0n) is 8.23.